The molecule has 2 aromatic carbocycles. The van der Waals surface area contributed by atoms with Gasteiger partial charge in [-0.1, -0.05) is 36.4 Å². The van der Waals surface area contributed by atoms with Gasteiger partial charge in [0.05, 0.1) is 5.69 Å². The van der Waals surface area contributed by atoms with Crippen LogP contribution in [-0.2, 0) is 9.53 Å². The second-order valence-corrected chi connectivity index (χ2v) is 6.75. The fourth-order valence-corrected chi connectivity index (χ4v) is 3.22. The minimum absolute atomic E-state index is 0.0982. The molecule has 1 aliphatic rings. The van der Waals surface area contributed by atoms with Crippen molar-refractivity contribution < 1.29 is 9.53 Å². The van der Waals surface area contributed by atoms with Crippen LogP contribution in [0.4, 0.5) is 17.2 Å². The Morgan fingerprint density at radius 2 is 1.86 bits per heavy atom. The van der Waals surface area contributed by atoms with Gasteiger partial charge in [0.25, 0.3) is 5.91 Å². The molecular weight excluding hydrogens is 352 g/mol. The van der Waals surface area contributed by atoms with Gasteiger partial charge in [-0.05, 0) is 38.0 Å². The van der Waals surface area contributed by atoms with Crippen molar-refractivity contribution in [3.05, 3.63) is 66.5 Å². The number of anilines is 3. The Hall–Kier alpha value is -3.25. The number of ether oxygens (including phenoxy) is 1. The number of amides is 1. The summed E-state index contributed by atoms with van der Waals surface area (Å²) in [7, 11) is 0. The van der Waals surface area contributed by atoms with Crippen molar-refractivity contribution in [2.45, 2.75) is 25.9 Å². The zero-order chi connectivity index (χ0) is 19.3. The first-order valence-corrected chi connectivity index (χ1v) is 9.38. The van der Waals surface area contributed by atoms with Gasteiger partial charge in [0.1, 0.15) is 17.7 Å². The third kappa shape index (κ3) is 4.35. The molecule has 3 aromatic rings. The van der Waals surface area contributed by atoms with Crippen LogP contribution in [0.25, 0.3) is 11.3 Å². The number of nitrogens with zero attached hydrogens (tertiary/aromatic N) is 2. The maximum atomic E-state index is 12.3. The molecule has 0 bridgehead atoms. The zero-order valence-corrected chi connectivity index (χ0v) is 15.7. The van der Waals surface area contributed by atoms with E-state index < -0.39 is 0 Å². The minimum atomic E-state index is -0.352. The van der Waals surface area contributed by atoms with E-state index >= 15 is 0 Å². The molecule has 28 heavy (non-hydrogen) atoms. The van der Waals surface area contributed by atoms with Crippen molar-refractivity contribution >= 4 is 23.1 Å². The number of hydrogen-bond acceptors (Lipinski definition) is 5. The number of nitrogens with one attached hydrogen (secondary N) is 2. The Morgan fingerprint density at radius 3 is 2.64 bits per heavy atom. The normalized spacial score (nSPS) is 16.0. The Bertz CT molecular complexity index is 969. The lowest BCUT2D eigenvalue weighted by Crippen LogP contribution is -2.26. The number of aryl methyl sites for hydroxylation is 1. The average molecular weight is 374 g/mol. The number of carbonyl (C=O) groups excluding carboxylic acids is 1. The molecule has 1 atom stereocenters. The molecule has 4 rings (SSSR count). The van der Waals surface area contributed by atoms with Crippen LogP contribution in [0.3, 0.4) is 0 Å². The van der Waals surface area contributed by atoms with Crippen LogP contribution in [0.15, 0.2) is 60.7 Å². The fraction of sp³-hybridized carbons (Fsp3) is 0.227. The standard InChI is InChI=1S/C22H22N4O2/c1-15-23-19(16-7-3-2-4-8-16)14-21(24-15)25-17-9-5-10-18(13-17)26-22(27)20-11-6-12-28-20/h2-5,7-10,13-14,20H,6,11-12H2,1H3,(H,26,27)(H,23,24,25). The number of benzene rings is 2. The third-order valence-corrected chi connectivity index (χ3v) is 4.53. The lowest BCUT2D eigenvalue weighted by molar-refractivity contribution is -0.124. The molecule has 0 radical (unpaired) electrons. The van der Waals surface area contributed by atoms with Crippen molar-refractivity contribution in [1.29, 1.82) is 0 Å². The monoisotopic (exact) mass is 374 g/mol. The Morgan fingerprint density at radius 1 is 1.04 bits per heavy atom. The van der Waals surface area contributed by atoms with Gasteiger partial charge >= 0.3 is 0 Å². The fourth-order valence-electron chi connectivity index (χ4n) is 3.22. The Balaban J connectivity index is 1.51. The van der Waals surface area contributed by atoms with E-state index in [1.165, 1.54) is 0 Å². The highest BCUT2D eigenvalue weighted by atomic mass is 16.5. The van der Waals surface area contributed by atoms with Crippen LogP contribution in [-0.4, -0.2) is 28.6 Å². The van der Waals surface area contributed by atoms with Crippen LogP contribution in [0.5, 0.6) is 0 Å². The van der Waals surface area contributed by atoms with E-state index in [0.717, 1.165) is 35.5 Å². The van der Waals surface area contributed by atoms with Crippen molar-refractivity contribution in [1.82, 2.24) is 9.97 Å². The van der Waals surface area contributed by atoms with Crippen LogP contribution in [0, 0.1) is 6.92 Å². The minimum Gasteiger partial charge on any atom is -0.368 e. The zero-order valence-electron chi connectivity index (χ0n) is 15.7. The van der Waals surface area contributed by atoms with Crippen LogP contribution < -0.4 is 10.6 Å². The number of rotatable bonds is 5. The van der Waals surface area contributed by atoms with Gasteiger partial charge in [0.15, 0.2) is 0 Å². The van der Waals surface area contributed by atoms with Gasteiger partial charge in [0.2, 0.25) is 0 Å². The molecule has 1 amide bonds. The Labute approximate surface area is 164 Å². The second-order valence-electron chi connectivity index (χ2n) is 6.75. The molecule has 1 aromatic heterocycles. The third-order valence-electron chi connectivity index (χ3n) is 4.53. The van der Waals surface area contributed by atoms with E-state index in [0.29, 0.717) is 18.2 Å². The van der Waals surface area contributed by atoms with E-state index in [9.17, 15) is 4.79 Å². The van der Waals surface area contributed by atoms with E-state index in [4.69, 9.17) is 4.74 Å². The van der Waals surface area contributed by atoms with Gasteiger partial charge in [-0.25, -0.2) is 9.97 Å². The highest BCUT2D eigenvalue weighted by Crippen LogP contribution is 2.24. The summed E-state index contributed by atoms with van der Waals surface area (Å²) in [6, 6.07) is 19.5. The van der Waals surface area contributed by atoms with Crippen molar-refractivity contribution in [2.24, 2.45) is 0 Å². The summed E-state index contributed by atoms with van der Waals surface area (Å²) in [6.45, 7) is 2.52. The summed E-state index contributed by atoms with van der Waals surface area (Å²) in [4.78, 5) is 21.3. The quantitative estimate of drug-likeness (QED) is 0.696. The number of hydrogen-bond donors (Lipinski definition) is 2. The van der Waals surface area contributed by atoms with Crippen molar-refractivity contribution in [3.63, 3.8) is 0 Å². The van der Waals surface area contributed by atoms with Gasteiger partial charge < -0.3 is 15.4 Å². The number of aromatic nitrogens is 2. The molecular formula is C22H22N4O2. The highest BCUT2D eigenvalue weighted by molar-refractivity contribution is 5.94. The van der Waals surface area contributed by atoms with Crippen molar-refractivity contribution in [3.8, 4) is 11.3 Å². The largest absolute Gasteiger partial charge is 0.368 e. The maximum Gasteiger partial charge on any atom is 0.253 e. The molecule has 6 nitrogen and oxygen atoms in total. The van der Waals surface area contributed by atoms with Crippen LogP contribution in [0.2, 0.25) is 0 Å². The molecule has 0 spiro atoms. The van der Waals surface area contributed by atoms with E-state index in [2.05, 4.69) is 20.6 Å². The molecule has 142 valence electrons. The smallest absolute Gasteiger partial charge is 0.253 e. The summed E-state index contributed by atoms with van der Waals surface area (Å²) in [6.07, 6.45) is 1.34. The average Bonchev–Trinajstić information content (AvgIpc) is 3.23. The summed E-state index contributed by atoms with van der Waals surface area (Å²) < 4.78 is 5.44. The molecule has 0 aliphatic carbocycles. The topological polar surface area (TPSA) is 76.1 Å². The molecule has 6 heteroatoms. The van der Waals surface area contributed by atoms with Gasteiger partial charge in [-0.3, -0.25) is 4.79 Å². The first kappa shape index (κ1) is 18.1. The van der Waals surface area contributed by atoms with E-state index in [1.54, 1.807) is 0 Å². The summed E-state index contributed by atoms with van der Waals surface area (Å²) in [5, 5.41) is 6.23. The molecule has 2 heterocycles. The molecule has 1 aliphatic heterocycles. The molecule has 1 unspecified atom stereocenters. The van der Waals surface area contributed by atoms with E-state index in [1.807, 2.05) is 67.6 Å². The molecule has 0 saturated carbocycles. The Kier molecular flexibility index (Phi) is 5.30. The summed E-state index contributed by atoms with van der Waals surface area (Å²) in [5.41, 5.74) is 3.45. The van der Waals surface area contributed by atoms with Crippen molar-refractivity contribution in [2.75, 3.05) is 17.2 Å². The van der Waals surface area contributed by atoms with Gasteiger partial charge in [0, 0.05) is 29.6 Å². The lowest BCUT2D eigenvalue weighted by atomic mass is 10.1. The van der Waals surface area contributed by atoms with Crippen LogP contribution >= 0.6 is 0 Å². The SMILES string of the molecule is Cc1nc(Nc2cccc(NC(=O)C3CCCO3)c2)cc(-c2ccccc2)n1. The highest BCUT2D eigenvalue weighted by Gasteiger charge is 2.23. The second kappa shape index (κ2) is 8.19. The van der Waals surface area contributed by atoms with Crippen LogP contribution in [0.1, 0.15) is 18.7 Å². The first-order valence-electron chi connectivity index (χ1n) is 9.38. The van der Waals surface area contributed by atoms with Gasteiger partial charge in [-0.2, -0.15) is 0 Å². The molecule has 1 fully saturated rings. The van der Waals surface area contributed by atoms with Gasteiger partial charge in [-0.15, -0.1) is 0 Å². The molecule has 1 saturated heterocycles. The predicted molar refractivity (Wildman–Crippen MR) is 110 cm³/mol. The van der Waals surface area contributed by atoms with E-state index in [-0.39, 0.29) is 12.0 Å². The summed E-state index contributed by atoms with van der Waals surface area (Å²) >= 11 is 0. The maximum absolute atomic E-state index is 12.3. The lowest BCUT2D eigenvalue weighted by Gasteiger charge is -2.13. The number of carbonyl (C=O) groups is 1. The first-order chi connectivity index (χ1) is 13.7. The predicted octanol–water partition coefficient (Wildman–Crippen LogP) is 4.31. The summed E-state index contributed by atoms with van der Waals surface area (Å²) in [5.74, 6) is 1.29. The molecule has 2 N–H and O–H groups in total.